The predicted octanol–water partition coefficient (Wildman–Crippen LogP) is 0.801. The van der Waals surface area contributed by atoms with Crippen LogP contribution in [0.25, 0.3) is 0 Å². The zero-order chi connectivity index (χ0) is 12.3. The molecule has 0 radical (unpaired) electrons. The first-order valence-corrected chi connectivity index (χ1v) is 5.73. The number of carbonyl (C=O) groups is 1. The van der Waals surface area contributed by atoms with E-state index in [9.17, 15) is 4.79 Å². The fourth-order valence-electron chi connectivity index (χ4n) is 2.22. The van der Waals surface area contributed by atoms with Crippen LogP contribution in [0.4, 0.5) is 5.82 Å². The number of pyridine rings is 1. The lowest BCUT2D eigenvalue weighted by Gasteiger charge is -2.22. The van der Waals surface area contributed by atoms with E-state index in [0.717, 1.165) is 24.9 Å². The van der Waals surface area contributed by atoms with E-state index >= 15 is 0 Å². The van der Waals surface area contributed by atoms with Crippen molar-refractivity contribution in [2.24, 2.45) is 0 Å². The SMILES string of the molecule is COC(=O)C1CCCN1Cc1cccnc1N. The minimum absolute atomic E-state index is 0.139. The van der Waals surface area contributed by atoms with Crippen molar-refractivity contribution in [1.29, 1.82) is 0 Å². The maximum atomic E-state index is 11.6. The van der Waals surface area contributed by atoms with Gasteiger partial charge in [0.1, 0.15) is 11.9 Å². The molecular weight excluding hydrogens is 218 g/mol. The van der Waals surface area contributed by atoms with Crippen molar-refractivity contribution in [3.63, 3.8) is 0 Å². The maximum Gasteiger partial charge on any atom is 0.323 e. The van der Waals surface area contributed by atoms with Gasteiger partial charge in [-0.1, -0.05) is 6.07 Å². The van der Waals surface area contributed by atoms with Gasteiger partial charge in [0.05, 0.1) is 7.11 Å². The minimum atomic E-state index is -0.162. The van der Waals surface area contributed by atoms with Crippen LogP contribution in [0.5, 0.6) is 0 Å². The van der Waals surface area contributed by atoms with Crippen LogP contribution in [-0.4, -0.2) is 35.5 Å². The molecule has 2 heterocycles. The molecule has 2 rings (SSSR count). The Morgan fingerprint density at radius 2 is 2.53 bits per heavy atom. The van der Waals surface area contributed by atoms with Crippen molar-refractivity contribution in [3.8, 4) is 0 Å². The molecule has 1 aromatic rings. The van der Waals surface area contributed by atoms with Crippen LogP contribution in [-0.2, 0) is 16.1 Å². The number of likely N-dealkylation sites (tertiary alicyclic amines) is 1. The molecule has 0 bridgehead atoms. The van der Waals surface area contributed by atoms with E-state index in [2.05, 4.69) is 9.88 Å². The predicted molar refractivity (Wildman–Crippen MR) is 64.1 cm³/mol. The van der Waals surface area contributed by atoms with Crippen molar-refractivity contribution >= 4 is 11.8 Å². The van der Waals surface area contributed by atoms with Crippen molar-refractivity contribution in [3.05, 3.63) is 23.9 Å². The summed E-state index contributed by atoms with van der Waals surface area (Å²) in [7, 11) is 1.43. The van der Waals surface area contributed by atoms with Crippen LogP contribution in [0.1, 0.15) is 18.4 Å². The quantitative estimate of drug-likeness (QED) is 0.785. The van der Waals surface area contributed by atoms with Crippen LogP contribution in [0.15, 0.2) is 18.3 Å². The summed E-state index contributed by atoms with van der Waals surface area (Å²) in [5, 5.41) is 0. The Kier molecular flexibility index (Phi) is 3.58. The molecule has 17 heavy (non-hydrogen) atoms. The first-order valence-electron chi connectivity index (χ1n) is 5.73. The standard InChI is InChI=1S/C12H17N3O2/c1-17-12(16)10-5-3-7-15(10)8-9-4-2-6-14-11(9)13/h2,4,6,10H,3,5,7-8H2,1H3,(H2,13,14). The van der Waals surface area contributed by atoms with E-state index in [1.54, 1.807) is 6.20 Å². The summed E-state index contributed by atoms with van der Waals surface area (Å²) in [6, 6.07) is 3.66. The maximum absolute atomic E-state index is 11.6. The number of methoxy groups -OCH3 is 1. The number of carbonyl (C=O) groups excluding carboxylic acids is 1. The molecule has 1 aromatic heterocycles. The van der Waals surface area contributed by atoms with E-state index < -0.39 is 0 Å². The summed E-state index contributed by atoms with van der Waals surface area (Å²) in [5.74, 6) is 0.368. The fraction of sp³-hybridized carbons (Fsp3) is 0.500. The zero-order valence-corrected chi connectivity index (χ0v) is 9.93. The molecule has 0 aliphatic carbocycles. The van der Waals surface area contributed by atoms with Gasteiger partial charge in [0.15, 0.2) is 0 Å². The molecule has 92 valence electrons. The van der Waals surface area contributed by atoms with E-state index in [1.807, 2.05) is 12.1 Å². The highest BCUT2D eigenvalue weighted by atomic mass is 16.5. The lowest BCUT2D eigenvalue weighted by atomic mass is 10.2. The minimum Gasteiger partial charge on any atom is -0.468 e. The smallest absolute Gasteiger partial charge is 0.323 e. The van der Waals surface area contributed by atoms with Crippen LogP contribution in [0.3, 0.4) is 0 Å². The van der Waals surface area contributed by atoms with Gasteiger partial charge in [-0.25, -0.2) is 4.98 Å². The van der Waals surface area contributed by atoms with Gasteiger partial charge < -0.3 is 10.5 Å². The number of rotatable bonds is 3. The van der Waals surface area contributed by atoms with Crippen molar-refractivity contribution < 1.29 is 9.53 Å². The summed E-state index contributed by atoms with van der Waals surface area (Å²) in [4.78, 5) is 17.7. The van der Waals surface area contributed by atoms with Gasteiger partial charge in [-0.3, -0.25) is 9.69 Å². The van der Waals surface area contributed by atoms with Gasteiger partial charge >= 0.3 is 5.97 Å². The average molecular weight is 235 g/mol. The molecule has 1 aliphatic heterocycles. The second kappa shape index (κ2) is 5.14. The highest BCUT2D eigenvalue weighted by Crippen LogP contribution is 2.22. The molecule has 5 heteroatoms. The molecule has 1 aliphatic rings. The van der Waals surface area contributed by atoms with Crippen LogP contribution < -0.4 is 5.73 Å². The molecule has 1 unspecified atom stereocenters. The van der Waals surface area contributed by atoms with Gasteiger partial charge in [-0.2, -0.15) is 0 Å². The van der Waals surface area contributed by atoms with Gasteiger partial charge in [0.2, 0.25) is 0 Å². The highest BCUT2D eigenvalue weighted by Gasteiger charge is 2.31. The first-order chi connectivity index (χ1) is 8.22. The van der Waals surface area contributed by atoms with Gasteiger partial charge in [-0.05, 0) is 25.5 Å². The Labute approximate surface area is 101 Å². The lowest BCUT2D eigenvalue weighted by molar-refractivity contribution is -0.146. The number of hydrogen-bond donors (Lipinski definition) is 1. The third-order valence-electron chi connectivity index (χ3n) is 3.14. The van der Waals surface area contributed by atoms with Gasteiger partial charge in [0.25, 0.3) is 0 Å². The molecule has 0 saturated carbocycles. The fourth-order valence-corrected chi connectivity index (χ4v) is 2.22. The summed E-state index contributed by atoms with van der Waals surface area (Å²) in [6.07, 6.45) is 3.54. The molecule has 0 amide bonds. The van der Waals surface area contributed by atoms with Crippen LogP contribution in [0, 0.1) is 0 Å². The zero-order valence-electron chi connectivity index (χ0n) is 9.93. The lowest BCUT2D eigenvalue weighted by Crippen LogP contribution is -2.36. The van der Waals surface area contributed by atoms with E-state index in [4.69, 9.17) is 10.5 Å². The normalized spacial score (nSPS) is 20.4. The number of anilines is 1. The largest absolute Gasteiger partial charge is 0.468 e. The number of aromatic nitrogens is 1. The first kappa shape index (κ1) is 11.9. The molecule has 1 atom stereocenters. The van der Waals surface area contributed by atoms with Gasteiger partial charge in [0, 0.05) is 18.3 Å². The Morgan fingerprint density at radius 1 is 1.71 bits per heavy atom. The number of nitrogen functional groups attached to an aromatic ring is 1. The van der Waals surface area contributed by atoms with Gasteiger partial charge in [-0.15, -0.1) is 0 Å². The molecule has 0 spiro atoms. The monoisotopic (exact) mass is 235 g/mol. The summed E-state index contributed by atoms with van der Waals surface area (Å²) < 4.78 is 4.80. The second-order valence-corrected chi connectivity index (χ2v) is 4.20. The molecule has 1 fully saturated rings. The molecular formula is C12H17N3O2. The molecule has 0 aromatic carbocycles. The number of esters is 1. The average Bonchev–Trinajstić information content (AvgIpc) is 2.79. The Balaban J connectivity index is 2.08. The Morgan fingerprint density at radius 3 is 3.24 bits per heavy atom. The number of nitrogens with two attached hydrogens (primary N) is 1. The summed E-state index contributed by atoms with van der Waals surface area (Å²) in [5.41, 5.74) is 6.76. The third kappa shape index (κ3) is 2.55. The number of ether oxygens (including phenoxy) is 1. The topological polar surface area (TPSA) is 68.5 Å². The second-order valence-electron chi connectivity index (χ2n) is 4.20. The van der Waals surface area contributed by atoms with Crippen LogP contribution >= 0.6 is 0 Å². The highest BCUT2D eigenvalue weighted by molar-refractivity contribution is 5.76. The van der Waals surface area contributed by atoms with Crippen molar-refractivity contribution in [1.82, 2.24) is 9.88 Å². The summed E-state index contributed by atoms with van der Waals surface area (Å²) in [6.45, 7) is 1.55. The number of nitrogens with zero attached hydrogens (tertiary/aromatic N) is 2. The van der Waals surface area contributed by atoms with E-state index in [0.29, 0.717) is 12.4 Å². The van der Waals surface area contributed by atoms with Crippen molar-refractivity contribution in [2.75, 3.05) is 19.4 Å². The van der Waals surface area contributed by atoms with E-state index in [-0.39, 0.29) is 12.0 Å². The summed E-state index contributed by atoms with van der Waals surface area (Å²) >= 11 is 0. The molecule has 2 N–H and O–H groups in total. The Hall–Kier alpha value is -1.62. The Bertz CT molecular complexity index is 408. The van der Waals surface area contributed by atoms with E-state index in [1.165, 1.54) is 7.11 Å². The van der Waals surface area contributed by atoms with Crippen molar-refractivity contribution in [2.45, 2.75) is 25.4 Å². The third-order valence-corrected chi connectivity index (χ3v) is 3.14. The van der Waals surface area contributed by atoms with Crippen LogP contribution in [0.2, 0.25) is 0 Å². The molecule has 5 nitrogen and oxygen atoms in total. The molecule has 1 saturated heterocycles. The number of hydrogen-bond acceptors (Lipinski definition) is 5.